The zero-order valence-corrected chi connectivity index (χ0v) is 26.2. The van der Waals surface area contributed by atoms with Crippen LogP contribution in [-0.4, -0.2) is 50.0 Å². The van der Waals surface area contributed by atoms with E-state index in [9.17, 15) is 22.4 Å². The van der Waals surface area contributed by atoms with Gasteiger partial charge in [-0.15, -0.1) is 0 Å². The average Bonchev–Trinajstić information content (AvgIpc) is 2.94. The van der Waals surface area contributed by atoms with E-state index in [1.54, 1.807) is 24.3 Å². The van der Waals surface area contributed by atoms with Crippen LogP contribution in [0.25, 0.3) is 0 Å². The number of amides is 2. The van der Waals surface area contributed by atoms with Crippen molar-refractivity contribution in [2.24, 2.45) is 0 Å². The van der Waals surface area contributed by atoms with Gasteiger partial charge < -0.3 is 10.2 Å². The number of rotatable bonds is 14. The van der Waals surface area contributed by atoms with Gasteiger partial charge >= 0.3 is 0 Å². The van der Waals surface area contributed by atoms with E-state index in [0.717, 1.165) is 16.1 Å². The predicted octanol–water partition coefficient (Wildman–Crippen LogP) is 6.23. The summed E-state index contributed by atoms with van der Waals surface area (Å²) in [4.78, 5) is 29.0. The van der Waals surface area contributed by atoms with Gasteiger partial charge in [-0.3, -0.25) is 13.9 Å². The number of carbonyl (C=O) groups is 2. The normalized spacial score (nSPS) is 12.8. The van der Waals surface area contributed by atoms with Crippen molar-refractivity contribution in [1.29, 1.82) is 0 Å². The van der Waals surface area contributed by atoms with E-state index in [1.807, 2.05) is 44.2 Å². The fourth-order valence-electron chi connectivity index (χ4n) is 4.46. The molecular formula is C31H36Cl2FN3O4S. The van der Waals surface area contributed by atoms with Gasteiger partial charge in [-0.25, -0.2) is 12.8 Å². The van der Waals surface area contributed by atoms with Crippen molar-refractivity contribution in [2.75, 3.05) is 17.1 Å². The quantitative estimate of drug-likeness (QED) is 0.227. The summed E-state index contributed by atoms with van der Waals surface area (Å²) in [6.45, 7) is 3.76. The molecule has 42 heavy (non-hydrogen) atoms. The molecule has 0 fully saturated rings. The second kappa shape index (κ2) is 15.4. The van der Waals surface area contributed by atoms with Crippen molar-refractivity contribution in [3.8, 4) is 0 Å². The van der Waals surface area contributed by atoms with Crippen molar-refractivity contribution in [2.45, 2.75) is 58.2 Å². The number of halogens is 3. The second-order valence-corrected chi connectivity index (χ2v) is 12.9. The van der Waals surface area contributed by atoms with Gasteiger partial charge in [-0.2, -0.15) is 0 Å². The molecule has 3 aromatic rings. The third-order valence-corrected chi connectivity index (χ3v) is 8.67. The number of sulfonamides is 1. The molecule has 3 rings (SSSR count). The smallest absolute Gasteiger partial charge is 0.243 e. The summed E-state index contributed by atoms with van der Waals surface area (Å²) >= 11 is 12.6. The van der Waals surface area contributed by atoms with E-state index in [0.29, 0.717) is 22.0 Å². The first-order chi connectivity index (χ1) is 19.9. The van der Waals surface area contributed by atoms with Gasteiger partial charge in [0.1, 0.15) is 11.9 Å². The monoisotopic (exact) mass is 635 g/mol. The van der Waals surface area contributed by atoms with Gasteiger partial charge in [-0.1, -0.05) is 78.7 Å². The molecule has 3 aromatic carbocycles. The summed E-state index contributed by atoms with van der Waals surface area (Å²) in [6.07, 6.45) is 1.96. The van der Waals surface area contributed by atoms with Crippen molar-refractivity contribution >= 4 is 50.7 Å². The van der Waals surface area contributed by atoms with Crippen LogP contribution in [0.3, 0.4) is 0 Å². The zero-order chi connectivity index (χ0) is 30.9. The molecule has 0 aliphatic heterocycles. The molecule has 0 aromatic heterocycles. The van der Waals surface area contributed by atoms with Gasteiger partial charge in [0.25, 0.3) is 0 Å². The number of carbonyl (C=O) groups excluding carboxylic acids is 2. The Bertz CT molecular complexity index is 1470. The number of hydrogen-bond donors (Lipinski definition) is 1. The maximum absolute atomic E-state index is 14.5. The van der Waals surface area contributed by atoms with Crippen LogP contribution in [0.4, 0.5) is 10.1 Å². The lowest BCUT2D eigenvalue weighted by molar-refractivity contribution is -0.141. The van der Waals surface area contributed by atoms with Gasteiger partial charge in [0.2, 0.25) is 21.8 Å². The largest absolute Gasteiger partial charge is 0.352 e. The molecule has 1 N–H and O–H groups in total. The zero-order valence-electron chi connectivity index (χ0n) is 23.9. The minimum absolute atomic E-state index is 0.0311. The van der Waals surface area contributed by atoms with Gasteiger partial charge in [0.05, 0.1) is 11.9 Å². The maximum atomic E-state index is 14.5. The van der Waals surface area contributed by atoms with Crippen LogP contribution in [0, 0.1) is 5.82 Å². The van der Waals surface area contributed by atoms with E-state index in [-0.39, 0.29) is 55.9 Å². The molecule has 0 aliphatic rings. The molecular weight excluding hydrogens is 600 g/mol. The highest BCUT2D eigenvalue weighted by Crippen LogP contribution is 2.26. The molecule has 0 unspecified atom stereocenters. The maximum Gasteiger partial charge on any atom is 0.243 e. The van der Waals surface area contributed by atoms with Crippen LogP contribution in [0.2, 0.25) is 10.0 Å². The van der Waals surface area contributed by atoms with E-state index >= 15 is 0 Å². The van der Waals surface area contributed by atoms with Gasteiger partial charge in [0.15, 0.2) is 0 Å². The Kier molecular flexibility index (Phi) is 12.2. The molecule has 11 heteroatoms. The van der Waals surface area contributed by atoms with Crippen LogP contribution in [-0.2, 0) is 32.6 Å². The average molecular weight is 637 g/mol. The van der Waals surface area contributed by atoms with Crippen molar-refractivity contribution in [3.63, 3.8) is 0 Å². The Morgan fingerprint density at radius 2 is 1.67 bits per heavy atom. The summed E-state index contributed by atoms with van der Waals surface area (Å²) in [7, 11) is -3.83. The highest BCUT2D eigenvalue weighted by Gasteiger charge is 2.31. The molecule has 0 heterocycles. The Hall–Kier alpha value is -3.14. The molecule has 0 aliphatic carbocycles. The fraction of sp³-hybridized carbons (Fsp3) is 0.355. The summed E-state index contributed by atoms with van der Waals surface area (Å²) in [5.41, 5.74) is 1.38. The molecule has 2 amide bonds. The van der Waals surface area contributed by atoms with Crippen LogP contribution < -0.4 is 9.62 Å². The Labute approximate surface area is 257 Å². The molecule has 0 spiro atoms. The number of nitrogens with zero attached hydrogens (tertiary/aromatic N) is 2. The van der Waals surface area contributed by atoms with E-state index in [4.69, 9.17) is 23.2 Å². The lowest BCUT2D eigenvalue weighted by atomic mass is 10.0. The summed E-state index contributed by atoms with van der Waals surface area (Å²) in [6, 6.07) is 18.9. The molecule has 0 bridgehead atoms. The SMILES string of the molecule is CC[C@@H](C)NC(=O)[C@@H](Cc1ccccc1)N(Cc1ccc(Cl)cc1Cl)C(=O)CCCN(c1ccccc1F)S(C)(=O)=O. The minimum Gasteiger partial charge on any atom is -0.352 e. The lowest BCUT2D eigenvalue weighted by Crippen LogP contribution is -2.52. The number of anilines is 1. The van der Waals surface area contributed by atoms with Crippen molar-refractivity contribution in [3.05, 3.63) is 99.8 Å². The van der Waals surface area contributed by atoms with E-state index in [1.165, 1.54) is 23.1 Å². The summed E-state index contributed by atoms with van der Waals surface area (Å²) < 4.78 is 40.5. The first-order valence-corrected chi connectivity index (χ1v) is 16.3. The molecule has 7 nitrogen and oxygen atoms in total. The Morgan fingerprint density at radius 3 is 2.29 bits per heavy atom. The molecule has 2 atom stereocenters. The first-order valence-electron chi connectivity index (χ1n) is 13.7. The topological polar surface area (TPSA) is 86.8 Å². The van der Waals surface area contributed by atoms with Gasteiger partial charge in [0, 0.05) is 42.0 Å². The lowest BCUT2D eigenvalue weighted by Gasteiger charge is -2.33. The first kappa shape index (κ1) is 33.4. The van der Waals surface area contributed by atoms with E-state index in [2.05, 4.69) is 5.32 Å². The Morgan fingerprint density at radius 1 is 1.00 bits per heavy atom. The predicted molar refractivity (Wildman–Crippen MR) is 167 cm³/mol. The number of hydrogen-bond acceptors (Lipinski definition) is 4. The summed E-state index contributed by atoms with van der Waals surface area (Å²) in [5.74, 6) is -1.36. The second-order valence-electron chi connectivity index (χ2n) is 10.2. The molecule has 0 saturated heterocycles. The summed E-state index contributed by atoms with van der Waals surface area (Å²) in [5, 5.41) is 3.79. The minimum atomic E-state index is -3.83. The molecule has 0 radical (unpaired) electrons. The highest BCUT2D eigenvalue weighted by molar-refractivity contribution is 7.92. The van der Waals surface area contributed by atoms with Crippen LogP contribution in [0.1, 0.15) is 44.2 Å². The van der Waals surface area contributed by atoms with Gasteiger partial charge in [-0.05, 0) is 55.2 Å². The number of benzene rings is 3. The third kappa shape index (κ3) is 9.44. The molecule has 226 valence electrons. The van der Waals surface area contributed by atoms with Crippen molar-refractivity contribution in [1.82, 2.24) is 10.2 Å². The molecule has 0 saturated carbocycles. The van der Waals surface area contributed by atoms with Crippen LogP contribution >= 0.6 is 23.2 Å². The van der Waals surface area contributed by atoms with Crippen molar-refractivity contribution < 1.29 is 22.4 Å². The van der Waals surface area contributed by atoms with Crippen LogP contribution in [0.5, 0.6) is 0 Å². The third-order valence-electron chi connectivity index (χ3n) is 6.90. The van der Waals surface area contributed by atoms with E-state index < -0.39 is 21.9 Å². The number of para-hydroxylation sites is 1. The fourth-order valence-corrected chi connectivity index (χ4v) is 5.90. The Balaban J connectivity index is 1.93. The van der Waals surface area contributed by atoms with Crippen LogP contribution in [0.15, 0.2) is 72.8 Å². The standard InChI is InChI=1S/C31H36Cl2FN3O4S/c1-4-22(2)35-31(39)29(19-23-11-6-5-7-12-23)36(21-24-16-17-25(32)20-26(24)33)30(38)15-10-18-37(42(3,40)41)28-14-9-8-13-27(28)34/h5-9,11-14,16-17,20,22,29H,4,10,15,18-19,21H2,1-3H3,(H,35,39)/t22-,29-/m1/s1. The number of nitrogens with one attached hydrogen (secondary N) is 1. The highest BCUT2D eigenvalue weighted by atomic mass is 35.5.